The maximum atomic E-state index is 13.0. The van der Waals surface area contributed by atoms with Gasteiger partial charge in [0.15, 0.2) is 0 Å². The van der Waals surface area contributed by atoms with Gasteiger partial charge in [0.05, 0.1) is 12.5 Å². The number of hydrogen-bond donors (Lipinski definition) is 0. The monoisotopic (exact) mass is 361 g/mol. The molecular formula is C23H23NO3. The van der Waals surface area contributed by atoms with Crippen molar-refractivity contribution in [1.29, 1.82) is 0 Å². The second kappa shape index (κ2) is 8.23. The zero-order valence-electron chi connectivity index (χ0n) is 15.2. The predicted molar refractivity (Wildman–Crippen MR) is 104 cm³/mol. The van der Waals surface area contributed by atoms with E-state index in [1.54, 1.807) is 12.5 Å². The average molecular weight is 361 g/mol. The van der Waals surface area contributed by atoms with Crippen LogP contribution >= 0.6 is 0 Å². The van der Waals surface area contributed by atoms with Gasteiger partial charge in [-0.2, -0.15) is 0 Å². The highest BCUT2D eigenvalue weighted by Crippen LogP contribution is 2.23. The Balaban J connectivity index is 1.56. The molecule has 2 heterocycles. The third-order valence-corrected chi connectivity index (χ3v) is 4.88. The van der Waals surface area contributed by atoms with Gasteiger partial charge in [-0.05, 0) is 41.7 Å². The lowest BCUT2D eigenvalue weighted by Crippen LogP contribution is -2.38. The SMILES string of the molecule is O=C([C@H]1CCCO1)N(Cc1ccoc1)Cc1cccc(-c2ccccc2)c1. The smallest absolute Gasteiger partial charge is 0.252 e. The van der Waals surface area contributed by atoms with Crippen LogP contribution in [0, 0.1) is 0 Å². The van der Waals surface area contributed by atoms with Gasteiger partial charge < -0.3 is 14.1 Å². The second-order valence-electron chi connectivity index (χ2n) is 6.89. The molecule has 1 saturated heterocycles. The van der Waals surface area contributed by atoms with Crippen molar-refractivity contribution in [3.8, 4) is 11.1 Å². The standard InChI is InChI=1S/C23H23NO3/c25-23(22-10-5-12-27-22)24(16-19-11-13-26-17-19)15-18-6-4-9-21(14-18)20-7-2-1-3-8-20/h1-4,6-9,11,13-14,17,22H,5,10,12,15-16H2/t22-/m1/s1. The van der Waals surface area contributed by atoms with E-state index >= 15 is 0 Å². The zero-order valence-corrected chi connectivity index (χ0v) is 15.2. The van der Waals surface area contributed by atoms with Crippen LogP contribution < -0.4 is 0 Å². The lowest BCUT2D eigenvalue weighted by molar-refractivity contribution is -0.142. The summed E-state index contributed by atoms with van der Waals surface area (Å²) in [5, 5.41) is 0. The van der Waals surface area contributed by atoms with E-state index in [2.05, 4.69) is 30.3 Å². The van der Waals surface area contributed by atoms with E-state index in [4.69, 9.17) is 9.15 Å². The summed E-state index contributed by atoms with van der Waals surface area (Å²) in [4.78, 5) is 14.9. The fourth-order valence-corrected chi connectivity index (χ4v) is 3.49. The average Bonchev–Trinajstić information content (AvgIpc) is 3.42. The summed E-state index contributed by atoms with van der Waals surface area (Å²) >= 11 is 0. The van der Waals surface area contributed by atoms with Crippen molar-refractivity contribution in [2.24, 2.45) is 0 Å². The highest BCUT2D eigenvalue weighted by molar-refractivity contribution is 5.81. The zero-order chi connectivity index (χ0) is 18.5. The number of hydrogen-bond acceptors (Lipinski definition) is 3. The van der Waals surface area contributed by atoms with Crippen LogP contribution in [0.4, 0.5) is 0 Å². The first-order chi connectivity index (χ1) is 13.3. The molecular weight excluding hydrogens is 338 g/mol. The molecule has 1 amide bonds. The van der Waals surface area contributed by atoms with Crippen LogP contribution in [0.5, 0.6) is 0 Å². The van der Waals surface area contributed by atoms with E-state index in [0.717, 1.165) is 29.5 Å². The van der Waals surface area contributed by atoms with Crippen LogP contribution in [0.15, 0.2) is 77.6 Å². The fourth-order valence-electron chi connectivity index (χ4n) is 3.49. The number of carbonyl (C=O) groups is 1. The van der Waals surface area contributed by atoms with E-state index in [0.29, 0.717) is 19.7 Å². The topological polar surface area (TPSA) is 42.7 Å². The van der Waals surface area contributed by atoms with Gasteiger partial charge in [-0.3, -0.25) is 4.79 Å². The van der Waals surface area contributed by atoms with Crippen LogP contribution in [0.1, 0.15) is 24.0 Å². The number of amides is 1. The first-order valence-electron chi connectivity index (χ1n) is 9.35. The summed E-state index contributed by atoms with van der Waals surface area (Å²) in [7, 11) is 0. The maximum absolute atomic E-state index is 13.0. The number of furan rings is 1. The van der Waals surface area contributed by atoms with Crippen LogP contribution in [0.25, 0.3) is 11.1 Å². The Morgan fingerprint density at radius 2 is 1.78 bits per heavy atom. The van der Waals surface area contributed by atoms with E-state index in [1.807, 2.05) is 35.2 Å². The highest BCUT2D eigenvalue weighted by Gasteiger charge is 2.28. The fraction of sp³-hybridized carbons (Fsp3) is 0.261. The minimum Gasteiger partial charge on any atom is -0.472 e. The first kappa shape index (κ1) is 17.6. The Labute approximate surface area is 159 Å². The Morgan fingerprint density at radius 1 is 0.963 bits per heavy atom. The number of ether oxygens (including phenoxy) is 1. The molecule has 0 aliphatic carbocycles. The van der Waals surface area contributed by atoms with Crippen molar-refractivity contribution in [2.45, 2.75) is 32.0 Å². The molecule has 0 radical (unpaired) electrons. The quantitative estimate of drug-likeness (QED) is 0.642. The molecule has 1 aliphatic heterocycles. The van der Waals surface area contributed by atoms with Gasteiger partial charge in [0.25, 0.3) is 5.91 Å². The largest absolute Gasteiger partial charge is 0.472 e. The molecule has 0 saturated carbocycles. The van der Waals surface area contributed by atoms with E-state index < -0.39 is 0 Å². The van der Waals surface area contributed by atoms with E-state index in [-0.39, 0.29) is 12.0 Å². The van der Waals surface area contributed by atoms with Gasteiger partial charge >= 0.3 is 0 Å². The van der Waals surface area contributed by atoms with Crippen LogP contribution in [-0.4, -0.2) is 23.5 Å². The van der Waals surface area contributed by atoms with E-state index in [9.17, 15) is 4.79 Å². The van der Waals surface area contributed by atoms with E-state index in [1.165, 1.54) is 5.56 Å². The Bertz CT molecular complexity index is 868. The van der Waals surface area contributed by atoms with Crippen molar-refractivity contribution in [2.75, 3.05) is 6.61 Å². The number of nitrogens with zero attached hydrogens (tertiary/aromatic N) is 1. The summed E-state index contributed by atoms with van der Waals surface area (Å²) in [6.07, 6.45) is 4.75. The molecule has 0 unspecified atom stereocenters. The van der Waals surface area contributed by atoms with Gasteiger partial charge in [-0.1, -0.05) is 48.5 Å². The number of carbonyl (C=O) groups excluding carboxylic acids is 1. The third-order valence-electron chi connectivity index (χ3n) is 4.88. The second-order valence-corrected chi connectivity index (χ2v) is 6.89. The molecule has 27 heavy (non-hydrogen) atoms. The molecule has 0 spiro atoms. The molecule has 4 nitrogen and oxygen atoms in total. The third kappa shape index (κ3) is 4.29. The molecule has 0 bridgehead atoms. The number of benzene rings is 2. The Morgan fingerprint density at radius 3 is 2.52 bits per heavy atom. The summed E-state index contributed by atoms with van der Waals surface area (Å²) in [5.41, 5.74) is 4.42. The van der Waals surface area contributed by atoms with Gasteiger partial charge in [0.1, 0.15) is 6.10 Å². The normalized spacial score (nSPS) is 16.4. The molecule has 4 rings (SSSR count). The molecule has 138 valence electrons. The summed E-state index contributed by atoms with van der Waals surface area (Å²) in [6.45, 7) is 1.73. The molecule has 1 aromatic heterocycles. The Hall–Kier alpha value is -2.85. The van der Waals surface area contributed by atoms with Crippen molar-refractivity contribution in [3.63, 3.8) is 0 Å². The lowest BCUT2D eigenvalue weighted by atomic mass is 10.0. The van der Waals surface area contributed by atoms with Gasteiger partial charge in [0, 0.05) is 25.3 Å². The molecule has 1 aliphatic rings. The van der Waals surface area contributed by atoms with Crippen LogP contribution in [0.3, 0.4) is 0 Å². The summed E-state index contributed by atoms with van der Waals surface area (Å²) < 4.78 is 10.8. The Kier molecular flexibility index (Phi) is 5.35. The molecule has 1 fully saturated rings. The highest BCUT2D eigenvalue weighted by atomic mass is 16.5. The first-order valence-corrected chi connectivity index (χ1v) is 9.35. The lowest BCUT2D eigenvalue weighted by Gasteiger charge is -2.25. The number of rotatable bonds is 6. The van der Waals surface area contributed by atoms with Gasteiger partial charge in [-0.15, -0.1) is 0 Å². The summed E-state index contributed by atoms with van der Waals surface area (Å²) in [6, 6.07) is 20.5. The van der Waals surface area contributed by atoms with Crippen molar-refractivity contribution < 1.29 is 13.9 Å². The van der Waals surface area contributed by atoms with Crippen LogP contribution in [-0.2, 0) is 22.6 Å². The van der Waals surface area contributed by atoms with Crippen molar-refractivity contribution in [3.05, 3.63) is 84.3 Å². The van der Waals surface area contributed by atoms with Gasteiger partial charge in [0.2, 0.25) is 0 Å². The molecule has 3 aromatic rings. The molecule has 1 atom stereocenters. The molecule has 4 heteroatoms. The minimum absolute atomic E-state index is 0.0545. The van der Waals surface area contributed by atoms with Crippen molar-refractivity contribution >= 4 is 5.91 Å². The van der Waals surface area contributed by atoms with Crippen molar-refractivity contribution in [1.82, 2.24) is 4.90 Å². The molecule has 2 aromatic carbocycles. The predicted octanol–water partition coefficient (Wildman–Crippen LogP) is 4.65. The maximum Gasteiger partial charge on any atom is 0.252 e. The molecule has 0 N–H and O–H groups in total. The van der Waals surface area contributed by atoms with Gasteiger partial charge in [-0.25, -0.2) is 0 Å². The minimum atomic E-state index is -0.325. The van der Waals surface area contributed by atoms with Crippen LogP contribution in [0.2, 0.25) is 0 Å². The summed E-state index contributed by atoms with van der Waals surface area (Å²) in [5.74, 6) is 0.0545.